The molecule has 3 N–H and O–H groups in total. The molecule has 0 fully saturated rings. The molecule has 0 bridgehead atoms. The van der Waals surface area contributed by atoms with E-state index in [2.05, 4.69) is 15.6 Å². The van der Waals surface area contributed by atoms with E-state index in [4.69, 9.17) is 14.6 Å². The highest BCUT2D eigenvalue weighted by Crippen LogP contribution is 2.38. The number of benzene rings is 2. The van der Waals surface area contributed by atoms with E-state index >= 15 is 0 Å². The Kier molecular flexibility index (Phi) is 6.19. The highest BCUT2D eigenvalue weighted by molar-refractivity contribution is 7.13. The summed E-state index contributed by atoms with van der Waals surface area (Å²) in [6.07, 6.45) is -4.71. The topological polar surface area (TPSA) is 92.7 Å². The molecular weight excluding hydrogens is 447 g/mol. The van der Waals surface area contributed by atoms with Gasteiger partial charge >= 0.3 is 6.18 Å². The van der Waals surface area contributed by atoms with Gasteiger partial charge in [0.1, 0.15) is 5.01 Å². The molecule has 0 saturated heterocycles. The van der Waals surface area contributed by atoms with Crippen LogP contribution < -0.4 is 20.1 Å². The molecule has 1 aromatic heterocycles. The van der Waals surface area contributed by atoms with Crippen molar-refractivity contribution >= 4 is 28.6 Å². The highest BCUT2D eigenvalue weighted by Gasteiger charge is 2.34. The number of aromatic nitrogens is 1. The standard InChI is InChI=1S/C21H18F3N3O4S/c22-21(23,24)15-8-13(2-3-16(15)25-5-6-28)26-19(29)9-14-10-32-20(27-14)12-1-4-17-18(7-12)31-11-30-17/h1-4,7-8,10,25,28H,5-6,9,11H2,(H,26,29). The van der Waals surface area contributed by atoms with Crippen molar-refractivity contribution < 1.29 is 32.5 Å². The second-order valence-electron chi connectivity index (χ2n) is 6.85. The highest BCUT2D eigenvalue weighted by atomic mass is 32.1. The zero-order valence-corrected chi connectivity index (χ0v) is 17.3. The summed E-state index contributed by atoms with van der Waals surface area (Å²) < 4.78 is 50.7. The van der Waals surface area contributed by atoms with E-state index in [1.165, 1.54) is 23.5 Å². The van der Waals surface area contributed by atoms with E-state index in [-0.39, 0.29) is 37.7 Å². The Labute approximate surface area is 184 Å². The van der Waals surface area contributed by atoms with Gasteiger partial charge in [-0.15, -0.1) is 11.3 Å². The minimum absolute atomic E-state index is 0.0168. The second kappa shape index (κ2) is 9.05. The number of carbonyl (C=O) groups is 1. The number of hydrogen-bond acceptors (Lipinski definition) is 7. The minimum Gasteiger partial charge on any atom is -0.454 e. The number of hydrogen-bond donors (Lipinski definition) is 3. The first kappa shape index (κ1) is 21.9. The van der Waals surface area contributed by atoms with Crippen LogP contribution in [0.1, 0.15) is 11.3 Å². The van der Waals surface area contributed by atoms with Crippen LogP contribution >= 0.6 is 11.3 Å². The van der Waals surface area contributed by atoms with E-state index in [9.17, 15) is 18.0 Å². The molecule has 0 radical (unpaired) electrons. The average molecular weight is 465 g/mol. The van der Waals surface area contributed by atoms with Crippen LogP contribution in [0.3, 0.4) is 0 Å². The Hall–Kier alpha value is -3.31. The van der Waals surface area contributed by atoms with Gasteiger partial charge in [-0.25, -0.2) is 4.98 Å². The summed E-state index contributed by atoms with van der Waals surface area (Å²) in [6.45, 7) is -0.168. The van der Waals surface area contributed by atoms with Crippen molar-refractivity contribution in [2.75, 3.05) is 30.6 Å². The average Bonchev–Trinajstić information content (AvgIpc) is 3.40. The number of anilines is 2. The lowest BCUT2D eigenvalue weighted by molar-refractivity contribution is -0.137. The molecule has 168 valence electrons. The summed E-state index contributed by atoms with van der Waals surface area (Å²) in [5.41, 5.74) is 0.229. The summed E-state index contributed by atoms with van der Waals surface area (Å²) >= 11 is 1.35. The van der Waals surface area contributed by atoms with Crippen LogP contribution in [-0.4, -0.2) is 35.9 Å². The van der Waals surface area contributed by atoms with Gasteiger partial charge in [-0.3, -0.25) is 4.79 Å². The van der Waals surface area contributed by atoms with Crippen molar-refractivity contribution in [3.05, 3.63) is 53.0 Å². The number of thiazole rings is 1. The van der Waals surface area contributed by atoms with E-state index < -0.39 is 17.6 Å². The quantitative estimate of drug-likeness (QED) is 0.486. The van der Waals surface area contributed by atoms with Gasteiger partial charge in [-0.2, -0.15) is 13.2 Å². The maximum absolute atomic E-state index is 13.3. The SMILES string of the molecule is O=C(Cc1csc(-c2ccc3c(c2)OCO3)n1)Nc1ccc(NCCO)c(C(F)(F)F)c1. The Morgan fingerprint density at radius 3 is 2.75 bits per heavy atom. The zero-order chi connectivity index (χ0) is 22.7. The smallest absolute Gasteiger partial charge is 0.418 e. The minimum atomic E-state index is -4.62. The molecule has 32 heavy (non-hydrogen) atoms. The number of nitrogens with zero attached hydrogens (tertiary/aromatic N) is 1. The molecule has 0 aliphatic carbocycles. The van der Waals surface area contributed by atoms with E-state index in [1.54, 1.807) is 17.5 Å². The number of nitrogens with one attached hydrogen (secondary N) is 2. The first-order valence-corrected chi connectivity index (χ1v) is 10.4. The fraction of sp³-hybridized carbons (Fsp3) is 0.238. The first-order valence-electron chi connectivity index (χ1n) is 9.54. The molecule has 11 heteroatoms. The lowest BCUT2D eigenvalue weighted by Gasteiger charge is -2.16. The van der Waals surface area contributed by atoms with Gasteiger partial charge in [0.2, 0.25) is 12.7 Å². The summed E-state index contributed by atoms with van der Waals surface area (Å²) in [5.74, 6) is 0.784. The normalized spacial score (nSPS) is 12.6. The van der Waals surface area contributed by atoms with Crippen molar-refractivity contribution in [3.8, 4) is 22.1 Å². The number of carbonyl (C=O) groups excluding carboxylic acids is 1. The number of halogens is 3. The molecule has 4 rings (SSSR count). The molecule has 0 spiro atoms. The van der Waals surface area contributed by atoms with Crippen LogP contribution in [-0.2, 0) is 17.4 Å². The second-order valence-corrected chi connectivity index (χ2v) is 7.70. The van der Waals surface area contributed by atoms with Crippen molar-refractivity contribution in [3.63, 3.8) is 0 Å². The predicted octanol–water partition coefficient (Wildman–Crippen LogP) is 4.14. The van der Waals surface area contributed by atoms with Crippen LogP contribution in [0, 0.1) is 0 Å². The van der Waals surface area contributed by atoms with Gasteiger partial charge in [0.05, 0.1) is 24.3 Å². The van der Waals surface area contributed by atoms with Gasteiger partial charge in [0.15, 0.2) is 11.5 Å². The van der Waals surface area contributed by atoms with E-state index in [0.717, 1.165) is 11.6 Å². The predicted molar refractivity (Wildman–Crippen MR) is 113 cm³/mol. The summed E-state index contributed by atoms with van der Waals surface area (Å²) in [4.78, 5) is 16.8. The molecule has 7 nitrogen and oxygen atoms in total. The fourth-order valence-corrected chi connectivity index (χ4v) is 3.94. The van der Waals surface area contributed by atoms with Crippen LogP contribution in [0.15, 0.2) is 41.8 Å². The first-order chi connectivity index (χ1) is 15.3. The van der Waals surface area contributed by atoms with Crippen molar-refractivity contribution in [2.24, 2.45) is 0 Å². The molecule has 2 heterocycles. The molecule has 0 unspecified atom stereocenters. The van der Waals surface area contributed by atoms with Gasteiger partial charge in [0, 0.05) is 28.9 Å². The number of alkyl halides is 3. The Balaban J connectivity index is 1.44. The zero-order valence-electron chi connectivity index (χ0n) is 16.5. The molecule has 1 aliphatic rings. The van der Waals surface area contributed by atoms with Gasteiger partial charge < -0.3 is 25.2 Å². The van der Waals surface area contributed by atoms with Gasteiger partial charge in [-0.1, -0.05) is 0 Å². The summed E-state index contributed by atoms with van der Waals surface area (Å²) in [5, 5.41) is 16.2. The summed E-state index contributed by atoms with van der Waals surface area (Å²) in [7, 11) is 0. The maximum atomic E-state index is 13.3. The molecule has 2 aromatic carbocycles. The third-order valence-corrected chi connectivity index (χ3v) is 5.49. The number of amides is 1. The number of fused-ring (bicyclic) bond motifs is 1. The molecule has 3 aromatic rings. The largest absolute Gasteiger partial charge is 0.454 e. The van der Waals surface area contributed by atoms with Crippen LogP contribution in [0.5, 0.6) is 11.5 Å². The van der Waals surface area contributed by atoms with Crippen LogP contribution in [0.2, 0.25) is 0 Å². The lowest BCUT2D eigenvalue weighted by atomic mass is 10.1. The number of ether oxygens (including phenoxy) is 2. The monoisotopic (exact) mass is 465 g/mol. The van der Waals surface area contributed by atoms with Gasteiger partial charge in [-0.05, 0) is 36.4 Å². The van der Waals surface area contributed by atoms with Crippen molar-refractivity contribution in [1.82, 2.24) is 4.98 Å². The van der Waals surface area contributed by atoms with Crippen LogP contribution in [0.25, 0.3) is 10.6 Å². The third-order valence-electron chi connectivity index (χ3n) is 4.55. The van der Waals surface area contributed by atoms with Crippen molar-refractivity contribution in [2.45, 2.75) is 12.6 Å². The Morgan fingerprint density at radius 1 is 1.16 bits per heavy atom. The van der Waals surface area contributed by atoms with Crippen molar-refractivity contribution in [1.29, 1.82) is 0 Å². The molecule has 1 amide bonds. The molecule has 0 atom stereocenters. The van der Waals surface area contributed by atoms with Gasteiger partial charge in [0.25, 0.3) is 0 Å². The van der Waals surface area contributed by atoms with Crippen LogP contribution in [0.4, 0.5) is 24.5 Å². The molecule has 0 saturated carbocycles. The Bertz CT molecular complexity index is 1130. The number of rotatable bonds is 7. The summed E-state index contributed by atoms with van der Waals surface area (Å²) in [6, 6.07) is 8.86. The fourth-order valence-electron chi connectivity index (χ4n) is 3.12. The third kappa shape index (κ3) is 4.94. The molecular formula is C21H18F3N3O4S. The lowest BCUT2D eigenvalue weighted by Crippen LogP contribution is -2.17. The number of aliphatic hydroxyl groups is 1. The van der Waals surface area contributed by atoms with E-state index in [0.29, 0.717) is 22.2 Å². The molecule has 1 aliphatic heterocycles. The van der Waals surface area contributed by atoms with E-state index in [1.807, 2.05) is 6.07 Å². The number of aliphatic hydroxyl groups excluding tert-OH is 1. The maximum Gasteiger partial charge on any atom is 0.418 e. The Morgan fingerprint density at radius 2 is 1.97 bits per heavy atom.